The molecule has 0 aliphatic heterocycles. The third-order valence-corrected chi connectivity index (χ3v) is 5.01. The minimum Gasteiger partial charge on any atom is -0.302 e. The number of rotatable bonds is 4. The fourth-order valence-electron chi connectivity index (χ4n) is 3.46. The summed E-state index contributed by atoms with van der Waals surface area (Å²) in [5, 5.41) is 9.30. The Morgan fingerprint density at radius 2 is 1.94 bits per heavy atom. The summed E-state index contributed by atoms with van der Waals surface area (Å²) in [5.74, 6) is 2.05. The summed E-state index contributed by atoms with van der Waals surface area (Å²) >= 11 is 0. The summed E-state index contributed by atoms with van der Waals surface area (Å²) in [5.41, 5.74) is 0. The number of hydrogen-bond acceptors (Lipinski definition) is 2. The first kappa shape index (κ1) is 12.9. The maximum atomic E-state index is 9.30. The lowest BCUT2D eigenvalue weighted by Crippen LogP contribution is -2.44. The van der Waals surface area contributed by atoms with E-state index in [4.69, 9.17) is 0 Å². The van der Waals surface area contributed by atoms with Crippen molar-refractivity contribution in [1.29, 1.82) is 5.26 Å². The predicted molar refractivity (Wildman–Crippen MR) is 70.5 cm³/mol. The number of hydrogen-bond donors (Lipinski definition) is 0. The van der Waals surface area contributed by atoms with Gasteiger partial charge in [0.1, 0.15) is 0 Å². The lowest BCUT2D eigenvalue weighted by Gasteiger charge is -2.41. The molecule has 0 bridgehead atoms. The zero-order valence-corrected chi connectivity index (χ0v) is 11.4. The second-order valence-electron chi connectivity index (χ2n) is 6.13. The van der Waals surface area contributed by atoms with Gasteiger partial charge < -0.3 is 4.90 Å². The molecule has 0 aromatic heterocycles. The fourth-order valence-corrected chi connectivity index (χ4v) is 3.46. The summed E-state index contributed by atoms with van der Waals surface area (Å²) in [6, 6.07) is 3.07. The average molecular weight is 234 g/mol. The normalized spacial score (nSPS) is 34.4. The minimum absolute atomic E-state index is 0.280. The Hall–Kier alpha value is -0.550. The van der Waals surface area contributed by atoms with Crippen molar-refractivity contribution >= 4 is 0 Å². The van der Waals surface area contributed by atoms with Gasteiger partial charge in [-0.2, -0.15) is 5.26 Å². The van der Waals surface area contributed by atoms with Crippen LogP contribution in [-0.2, 0) is 0 Å². The van der Waals surface area contributed by atoms with Crippen LogP contribution in [0.25, 0.3) is 0 Å². The van der Waals surface area contributed by atoms with Gasteiger partial charge in [-0.15, -0.1) is 0 Å². The lowest BCUT2D eigenvalue weighted by molar-refractivity contribution is 0.0916. The van der Waals surface area contributed by atoms with E-state index in [0.717, 1.165) is 18.3 Å². The molecule has 3 unspecified atom stereocenters. The van der Waals surface area contributed by atoms with Gasteiger partial charge in [0.25, 0.3) is 0 Å². The van der Waals surface area contributed by atoms with E-state index >= 15 is 0 Å². The van der Waals surface area contributed by atoms with Crippen molar-refractivity contribution in [3.8, 4) is 6.07 Å². The Morgan fingerprint density at radius 1 is 1.18 bits per heavy atom. The van der Waals surface area contributed by atoms with Gasteiger partial charge in [-0.05, 0) is 51.0 Å². The van der Waals surface area contributed by atoms with Crippen LogP contribution in [0, 0.1) is 29.1 Å². The van der Waals surface area contributed by atoms with Gasteiger partial charge in [0.05, 0.1) is 12.0 Å². The molecule has 0 spiro atoms. The molecule has 2 saturated carbocycles. The van der Waals surface area contributed by atoms with Crippen molar-refractivity contribution in [2.24, 2.45) is 17.8 Å². The van der Waals surface area contributed by atoms with E-state index in [1.165, 1.54) is 45.1 Å². The van der Waals surface area contributed by atoms with Crippen LogP contribution in [0.2, 0.25) is 0 Å². The fraction of sp³-hybridized carbons (Fsp3) is 0.933. The molecule has 0 radical (unpaired) electrons. The van der Waals surface area contributed by atoms with Crippen LogP contribution >= 0.6 is 0 Å². The second kappa shape index (κ2) is 5.87. The zero-order chi connectivity index (χ0) is 12.3. The molecule has 2 heteroatoms. The molecule has 2 aliphatic rings. The first-order valence-corrected chi connectivity index (χ1v) is 7.34. The minimum atomic E-state index is 0.280. The van der Waals surface area contributed by atoms with Gasteiger partial charge in [-0.3, -0.25) is 0 Å². The summed E-state index contributed by atoms with van der Waals surface area (Å²) in [4.78, 5) is 2.50. The smallest absolute Gasteiger partial charge is 0.0672 e. The lowest BCUT2D eigenvalue weighted by atomic mass is 9.76. The zero-order valence-electron chi connectivity index (χ0n) is 11.4. The van der Waals surface area contributed by atoms with Gasteiger partial charge in [-0.1, -0.05) is 19.8 Å². The molecule has 96 valence electrons. The Bertz CT molecular complexity index is 277. The van der Waals surface area contributed by atoms with E-state index < -0.39 is 0 Å². The molecule has 17 heavy (non-hydrogen) atoms. The highest BCUT2D eigenvalue weighted by Crippen LogP contribution is 2.35. The van der Waals surface area contributed by atoms with Gasteiger partial charge in [0.2, 0.25) is 0 Å². The van der Waals surface area contributed by atoms with Gasteiger partial charge in [-0.25, -0.2) is 0 Å². The first-order valence-electron chi connectivity index (χ1n) is 7.34. The molecule has 3 atom stereocenters. The summed E-state index contributed by atoms with van der Waals surface area (Å²) < 4.78 is 0. The third-order valence-electron chi connectivity index (χ3n) is 5.01. The van der Waals surface area contributed by atoms with Crippen molar-refractivity contribution in [3.63, 3.8) is 0 Å². The van der Waals surface area contributed by atoms with E-state index in [0.29, 0.717) is 6.04 Å². The Labute approximate surface area is 106 Å². The second-order valence-corrected chi connectivity index (χ2v) is 6.13. The molecule has 2 nitrogen and oxygen atoms in total. The van der Waals surface area contributed by atoms with Crippen molar-refractivity contribution in [2.45, 2.75) is 57.9 Å². The maximum Gasteiger partial charge on any atom is 0.0672 e. The van der Waals surface area contributed by atoms with Crippen LogP contribution in [-0.4, -0.2) is 24.5 Å². The average Bonchev–Trinajstić information content (AvgIpc) is 2.32. The Kier molecular flexibility index (Phi) is 4.45. The molecule has 0 heterocycles. The summed E-state index contributed by atoms with van der Waals surface area (Å²) in [7, 11) is 2.24. The molecule has 2 aliphatic carbocycles. The Morgan fingerprint density at radius 3 is 2.47 bits per heavy atom. The van der Waals surface area contributed by atoms with Gasteiger partial charge in [0.15, 0.2) is 0 Å². The molecular formula is C15H26N2. The third kappa shape index (κ3) is 3.01. The molecule has 0 aromatic carbocycles. The van der Waals surface area contributed by atoms with Crippen molar-refractivity contribution in [1.82, 2.24) is 4.90 Å². The molecular weight excluding hydrogens is 208 g/mol. The summed E-state index contributed by atoms with van der Waals surface area (Å²) in [6.07, 6.45) is 9.15. The van der Waals surface area contributed by atoms with Crippen LogP contribution < -0.4 is 0 Å². The van der Waals surface area contributed by atoms with E-state index in [9.17, 15) is 5.26 Å². The van der Waals surface area contributed by atoms with Crippen LogP contribution in [0.1, 0.15) is 51.9 Å². The van der Waals surface area contributed by atoms with Crippen molar-refractivity contribution in [3.05, 3.63) is 0 Å². The van der Waals surface area contributed by atoms with E-state index in [1.807, 2.05) is 0 Å². The van der Waals surface area contributed by atoms with Crippen LogP contribution in [0.3, 0.4) is 0 Å². The first-order chi connectivity index (χ1) is 8.24. The predicted octanol–water partition coefficient (Wildman–Crippen LogP) is 3.44. The Balaban J connectivity index is 1.91. The molecule has 0 saturated heterocycles. The van der Waals surface area contributed by atoms with E-state index in [1.54, 1.807) is 0 Å². The highest BCUT2D eigenvalue weighted by molar-refractivity contribution is 4.97. The molecule has 2 rings (SSSR count). The summed E-state index contributed by atoms with van der Waals surface area (Å²) in [6.45, 7) is 3.51. The standard InChI is InChI=1S/C15H26N2/c1-3-12-7-8-14(10-16)15(9-12)17(2)11-13-5-4-6-13/h12-15H,3-9,11H2,1-2H3. The van der Waals surface area contributed by atoms with Gasteiger partial charge in [0, 0.05) is 12.6 Å². The largest absolute Gasteiger partial charge is 0.302 e. The number of nitriles is 1. The van der Waals surface area contributed by atoms with Gasteiger partial charge >= 0.3 is 0 Å². The van der Waals surface area contributed by atoms with Crippen LogP contribution in [0.5, 0.6) is 0 Å². The monoisotopic (exact) mass is 234 g/mol. The van der Waals surface area contributed by atoms with Crippen LogP contribution in [0.4, 0.5) is 0 Å². The number of nitrogens with zero attached hydrogens (tertiary/aromatic N) is 2. The van der Waals surface area contributed by atoms with E-state index in [2.05, 4.69) is 24.9 Å². The molecule has 0 amide bonds. The van der Waals surface area contributed by atoms with Crippen LogP contribution in [0.15, 0.2) is 0 Å². The molecule has 2 fully saturated rings. The van der Waals surface area contributed by atoms with Crippen molar-refractivity contribution in [2.75, 3.05) is 13.6 Å². The molecule has 0 aromatic rings. The highest BCUT2D eigenvalue weighted by Gasteiger charge is 2.33. The molecule has 0 N–H and O–H groups in total. The quantitative estimate of drug-likeness (QED) is 0.745. The topological polar surface area (TPSA) is 27.0 Å². The van der Waals surface area contributed by atoms with Crippen molar-refractivity contribution < 1.29 is 0 Å². The maximum absolute atomic E-state index is 9.30. The highest BCUT2D eigenvalue weighted by atomic mass is 15.1. The SMILES string of the molecule is CCC1CCC(C#N)C(N(C)CC2CCC2)C1. The van der Waals surface area contributed by atoms with E-state index in [-0.39, 0.29) is 5.92 Å².